The smallest absolute Gasteiger partial charge is 0.387 e. The second-order valence-corrected chi connectivity index (χ2v) is 7.00. The van der Waals surface area contributed by atoms with Crippen LogP contribution in [0.25, 0.3) is 11.0 Å². The Labute approximate surface area is 163 Å². The summed E-state index contributed by atoms with van der Waals surface area (Å²) in [6.07, 6.45) is 1.55. The van der Waals surface area contributed by atoms with Crippen molar-refractivity contribution in [3.8, 4) is 17.2 Å². The number of alkyl halides is 2. The van der Waals surface area contributed by atoms with Crippen molar-refractivity contribution in [3.63, 3.8) is 0 Å². The predicted molar refractivity (Wildman–Crippen MR) is 99.5 cm³/mol. The minimum atomic E-state index is -2.92. The van der Waals surface area contributed by atoms with Crippen molar-refractivity contribution < 1.29 is 27.5 Å². The van der Waals surface area contributed by atoms with Gasteiger partial charge in [0.05, 0.1) is 25.3 Å². The van der Waals surface area contributed by atoms with Crippen molar-refractivity contribution in [2.24, 2.45) is 0 Å². The van der Waals surface area contributed by atoms with Crippen LogP contribution >= 0.6 is 0 Å². The van der Waals surface area contributed by atoms with Crippen LogP contribution in [0, 0.1) is 0 Å². The maximum Gasteiger partial charge on any atom is 0.387 e. The summed E-state index contributed by atoms with van der Waals surface area (Å²) in [5, 5.41) is 0.318. The topological polar surface area (TPSA) is 81.5 Å². The molecule has 28 heavy (non-hydrogen) atoms. The highest BCUT2D eigenvalue weighted by Gasteiger charge is 2.25. The molecule has 7 nitrogen and oxygen atoms in total. The first-order valence-electron chi connectivity index (χ1n) is 8.37. The Hall–Kier alpha value is -2.59. The average Bonchev–Trinajstić information content (AvgIpc) is 3.05. The molecular weight excluding hydrogens is 392 g/mol. The lowest BCUT2D eigenvalue weighted by Gasteiger charge is -2.14. The lowest BCUT2D eigenvalue weighted by Crippen LogP contribution is -2.14. The Balaban J connectivity index is 1.97. The molecule has 1 atom stereocenters. The fraction of sp³-hybridized carbons (Fsp3) is 0.333. The molecule has 2 heterocycles. The summed E-state index contributed by atoms with van der Waals surface area (Å²) in [5.74, 6) is 0.974. The summed E-state index contributed by atoms with van der Waals surface area (Å²) in [6.45, 7) is -0.610. The molecule has 3 aromatic rings. The first-order valence-corrected chi connectivity index (χ1v) is 9.69. The molecule has 0 aliphatic heterocycles. The summed E-state index contributed by atoms with van der Waals surface area (Å²) in [6, 6.07) is 6.07. The summed E-state index contributed by atoms with van der Waals surface area (Å²) in [4.78, 5) is 8.66. The molecule has 0 radical (unpaired) electrons. The van der Waals surface area contributed by atoms with Crippen LogP contribution in [-0.2, 0) is 23.5 Å². The molecule has 0 N–H and O–H groups in total. The summed E-state index contributed by atoms with van der Waals surface area (Å²) in [7, 11) is 2.99. The number of halogens is 2. The third-order valence-corrected chi connectivity index (χ3v) is 5.32. The highest BCUT2D eigenvalue weighted by molar-refractivity contribution is 7.90. The molecule has 0 saturated heterocycles. The molecule has 0 amide bonds. The number of hydrogen-bond donors (Lipinski definition) is 0. The van der Waals surface area contributed by atoms with E-state index in [9.17, 15) is 13.3 Å². The molecule has 0 saturated carbocycles. The van der Waals surface area contributed by atoms with Gasteiger partial charge in [-0.25, -0.2) is 0 Å². The molecule has 150 valence electrons. The summed E-state index contributed by atoms with van der Waals surface area (Å²) < 4.78 is 54.7. The Morgan fingerprint density at radius 3 is 2.64 bits per heavy atom. The van der Waals surface area contributed by atoms with Crippen molar-refractivity contribution in [3.05, 3.63) is 36.2 Å². The zero-order valence-corrected chi connectivity index (χ0v) is 16.3. The van der Waals surface area contributed by atoms with Gasteiger partial charge in [-0.15, -0.1) is 0 Å². The molecule has 1 aromatic carbocycles. The Bertz CT molecular complexity index is 967. The number of ether oxygens (including phenoxy) is 3. The fourth-order valence-corrected chi connectivity index (χ4v) is 4.13. The van der Waals surface area contributed by atoms with Crippen molar-refractivity contribution in [1.82, 2.24) is 14.5 Å². The highest BCUT2D eigenvalue weighted by atomic mass is 32.2. The van der Waals surface area contributed by atoms with Crippen LogP contribution in [0.2, 0.25) is 0 Å². The van der Waals surface area contributed by atoms with Crippen molar-refractivity contribution in [1.29, 1.82) is 0 Å². The quantitative estimate of drug-likeness (QED) is 0.529. The number of aryl methyl sites for hydroxylation is 1. The molecular formula is C18H19F2N3O4S. The van der Waals surface area contributed by atoms with Gasteiger partial charge >= 0.3 is 11.8 Å². The Morgan fingerprint density at radius 1 is 1.21 bits per heavy atom. The minimum absolute atomic E-state index is 0.0190. The zero-order valence-electron chi connectivity index (χ0n) is 15.5. The molecule has 0 fully saturated rings. The number of benzene rings is 1. The van der Waals surface area contributed by atoms with Gasteiger partial charge in [0.25, 0.3) is 0 Å². The first kappa shape index (κ1) is 20.2. The van der Waals surface area contributed by atoms with Gasteiger partial charge in [0.2, 0.25) is 0 Å². The van der Waals surface area contributed by atoms with E-state index < -0.39 is 17.8 Å². The fourth-order valence-electron chi connectivity index (χ4n) is 2.88. The van der Waals surface area contributed by atoms with E-state index in [1.807, 2.05) is 6.92 Å². The van der Waals surface area contributed by atoms with E-state index in [0.717, 1.165) is 0 Å². The van der Waals surface area contributed by atoms with Crippen molar-refractivity contribution in [2.45, 2.75) is 31.0 Å². The van der Waals surface area contributed by atoms with Crippen LogP contribution in [0.3, 0.4) is 0 Å². The monoisotopic (exact) mass is 411 g/mol. The van der Waals surface area contributed by atoms with Crippen LogP contribution in [0.1, 0.15) is 12.6 Å². The molecule has 3 rings (SSSR count). The van der Waals surface area contributed by atoms with E-state index in [0.29, 0.717) is 39.9 Å². The predicted octanol–water partition coefficient (Wildman–Crippen LogP) is 3.38. The van der Waals surface area contributed by atoms with E-state index in [1.165, 1.54) is 26.4 Å². The van der Waals surface area contributed by atoms with E-state index in [2.05, 4.69) is 14.7 Å². The van der Waals surface area contributed by atoms with Gasteiger partial charge in [-0.3, -0.25) is 9.55 Å². The van der Waals surface area contributed by atoms with Gasteiger partial charge in [0.15, 0.2) is 17.3 Å². The largest absolute Gasteiger partial charge is 0.609 e. The molecule has 0 aliphatic carbocycles. The number of hydrogen-bond acceptors (Lipinski definition) is 6. The van der Waals surface area contributed by atoms with Gasteiger partial charge < -0.3 is 18.8 Å². The van der Waals surface area contributed by atoms with Crippen LogP contribution in [0.5, 0.6) is 17.2 Å². The second-order valence-electron chi connectivity index (χ2n) is 5.65. The summed E-state index contributed by atoms with van der Waals surface area (Å²) >= 11 is -1.55. The SMILES string of the molecule is CCn1c([S+]([O-])Cc2nccc(OC)c2OC)nc2ccc(OC(F)F)cc21. The number of imidazole rings is 1. The van der Waals surface area contributed by atoms with Gasteiger partial charge in [-0.1, -0.05) is 0 Å². The van der Waals surface area contributed by atoms with Crippen molar-refractivity contribution in [2.75, 3.05) is 14.2 Å². The van der Waals surface area contributed by atoms with E-state index in [1.54, 1.807) is 22.9 Å². The number of methoxy groups -OCH3 is 2. The molecule has 0 spiro atoms. The van der Waals surface area contributed by atoms with Crippen LogP contribution in [0.15, 0.2) is 35.6 Å². The third kappa shape index (κ3) is 3.97. The Kier molecular flexibility index (Phi) is 6.20. The summed E-state index contributed by atoms with van der Waals surface area (Å²) in [5.41, 5.74) is 1.57. The van der Waals surface area contributed by atoms with Crippen molar-refractivity contribution >= 4 is 22.2 Å². The van der Waals surface area contributed by atoms with Gasteiger partial charge in [0, 0.05) is 36.1 Å². The third-order valence-electron chi connectivity index (χ3n) is 4.06. The lowest BCUT2D eigenvalue weighted by molar-refractivity contribution is -0.0497. The van der Waals surface area contributed by atoms with Gasteiger partial charge in [-0.2, -0.15) is 13.8 Å². The number of fused-ring (bicyclic) bond motifs is 1. The van der Waals surface area contributed by atoms with Crippen LogP contribution in [0.4, 0.5) is 8.78 Å². The standard InChI is InChI=1S/C18H19F2N3O4S/c1-4-23-14-9-11(27-17(19)20)5-6-12(14)22-18(23)28(24)10-13-16(26-3)15(25-2)7-8-21-13/h5-9,17H,4,10H2,1-3H3. The van der Waals surface area contributed by atoms with E-state index in [-0.39, 0.29) is 11.5 Å². The number of nitrogens with zero attached hydrogens (tertiary/aromatic N) is 3. The molecule has 2 aromatic heterocycles. The first-order chi connectivity index (χ1) is 13.5. The average molecular weight is 411 g/mol. The molecule has 0 bridgehead atoms. The number of aromatic nitrogens is 3. The second kappa shape index (κ2) is 8.61. The molecule has 1 unspecified atom stereocenters. The normalized spacial score (nSPS) is 12.4. The van der Waals surface area contributed by atoms with Gasteiger partial charge in [0.1, 0.15) is 11.4 Å². The maximum absolute atomic E-state index is 13.0. The number of pyridine rings is 1. The van der Waals surface area contributed by atoms with E-state index >= 15 is 0 Å². The molecule has 0 aliphatic rings. The van der Waals surface area contributed by atoms with E-state index in [4.69, 9.17) is 9.47 Å². The van der Waals surface area contributed by atoms with Crippen LogP contribution in [-0.4, -0.2) is 39.9 Å². The van der Waals surface area contributed by atoms with Gasteiger partial charge in [-0.05, 0) is 19.1 Å². The highest BCUT2D eigenvalue weighted by Crippen LogP contribution is 2.32. The molecule has 10 heteroatoms. The minimum Gasteiger partial charge on any atom is -0.609 e. The van der Waals surface area contributed by atoms with Crippen LogP contribution < -0.4 is 14.2 Å². The zero-order chi connectivity index (χ0) is 20.3. The number of rotatable bonds is 8. The lowest BCUT2D eigenvalue weighted by atomic mass is 10.3. The maximum atomic E-state index is 13.0. The Morgan fingerprint density at radius 2 is 2.00 bits per heavy atom.